The van der Waals surface area contributed by atoms with Gasteiger partial charge in [0.15, 0.2) is 0 Å². The van der Waals surface area contributed by atoms with E-state index in [9.17, 15) is 4.79 Å². The van der Waals surface area contributed by atoms with E-state index in [0.717, 1.165) is 5.56 Å². The highest BCUT2D eigenvalue weighted by Crippen LogP contribution is 2.18. The molecule has 6 heteroatoms. The molecule has 16 heavy (non-hydrogen) atoms. The number of hydrogen-bond donors (Lipinski definition) is 2. The van der Waals surface area contributed by atoms with E-state index in [2.05, 4.69) is 9.97 Å². The average molecular weight is 223 g/mol. The Morgan fingerprint density at radius 3 is 2.69 bits per heavy atom. The normalized spacial score (nSPS) is 10.5. The quantitative estimate of drug-likeness (QED) is 0.752. The van der Waals surface area contributed by atoms with E-state index in [0.29, 0.717) is 5.82 Å². The Morgan fingerprint density at radius 2 is 2.19 bits per heavy atom. The van der Waals surface area contributed by atoms with E-state index in [4.69, 9.17) is 11.5 Å². The summed E-state index contributed by atoms with van der Waals surface area (Å²) in [5.74, 6) is 0.447. The molecule has 1 heterocycles. The van der Waals surface area contributed by atoms with Gasteiger partial charge in [0, 0.05) is 17.8 Å². The predicted octanol–water partition coefficient (Wildman–Crippen LogP) is 0.0673. The van der Waals surface area contributed by atoms with Gasteiger partial charge in [0.05, 0.1) is 6.54 Å². The minimum Gasteiger partial charge on any atom is -0.368 e. The Hall–Kier alpha value is -1.85. The number of aromatic nitrogens is 2. The Labute approximate surface area is 94.7 Å². The summed E-state index contributed by atoms with van der Waals surface area (Å²) in [5.41, 5.74) is 11.6. The molecule has 1 aromatic heterocycles. The maximum Gasteiger partial charge on any atom is 0.237 e. The van der Waals surface area contributed by atoms with Gasteiger partial charge in [-0.25, -0.2) is 4.98 Å². The molecule has 0 saturated carbocycles. The zero-order valence-electron chi connectivity index (χ0n) is 9.77. The van der Waals surface area contributed by atoms with Gasteiger partial charge in [-0.2, -0.15) is 4.98 Å². The number of primary amides is 1. The Bertz CT molecular complexity index is 391. The molecular weight excluding hydrogens is 206 g/mol. The van der Waals surface area contributed by atoms with Crippen LogP contribution in [-0.4, -0.2) is 28.5 Å². The SMILES string of the molecule is Cc1cnc(N)nc1N(CC(N)=O)C(C)C. The first kappa shape index (κ1) is 12.2. The summed E-state index contributed by atoms with van der Waals surface area (Å²) < 4.78 is 0. The Kier molecular flexibility index (Phi) is 3.65. The maximum absolute atomic E-state index is 11.0. The molecule has 0 spiro atoms. The highest BCUT2D eigenvalue weighted by Gasteiger charge is 2.17. The van der Waals surface area contributed by atoms with E-state index < -0.39 is 5.91 Å². The van der Waals surface area contributed by atoms with Crippen LogP contribution in [0.3, 0.4) is 0 Å². The second kappa shape index (κ2) is 4.78. The first-order valence-electron chi connectivity index (χ1n) is 5.06. The van der Waals surface area contributed by atoms with E-state index in [1.54, 1.807) is 11.1 Å². The monoisotopic (exact) mass is 223 g/mol. The number of nitrogens with two attached hydrogens (primary N) is 2. The molecule has 0 bridgehead atoms. The second-order valence-corrected chi connectivity index (χ2v) is 3.92. The van der Waals surface area contributed by atoms with Crippen molar-refractivity contribution < 1.29 is 4.79 Å². The molecule has 0 saturated heterocycles. The smallest absolute Gasteiger partial charge is 0.237 e. The fraction of sp³-hybridized carbons (Fsp3) is 0.500. The molecule has 0 aliphatic rings. The van der Waals surface area contributed by atoms with Gasteiger partial charge >= 0.3 is 0 Å². The fourth-order valence-corrected chi connectivity index (χ4v) is 1.41. The first-order valence-corrected chi connectivity index (χ1v) is 5.06. The number of hydrogen-bond acceptors (Lipinski definition) is 5. The molecule has 88 valence electrons. The molecule has 6 nitrogen and oxygen atoms in total. The van der Waals surface area contributed by atoms with Crippen molar-refractivity contribution in [1.82, 2.24) is 9.97 Å². The molecule has 0 atom stereocenters. The number of aryl methyl sites for hydroxylation is 1. The van der Waals surface area contributed by atoms with E-state index >= 15 is 0 Å². The van der Waals surface area contributed by atoms with E-state index in [1.165, 1.54) is 0 Å². The van der Waals surface area contributed by atoms with Gasteiger partial charge in [-0.15, -0.1) is 0 Å². The molecular formula is C10H17N5O. The molecule has 0 fully saturated rings. The van der Waals surface area contributed by atoms with Crippen LogP contribution in [0.5, 0.6) is 0 Å². The van der Waals surface area contributed by atoms with Crippen molar-refractivity contribution in [1.29, 1.82) is 0 Å². The van der Waals surface area contributed by atoms with Crippen molar-refractivity contribution >= 4 is 17.7 Å². The lowest BCUT2D eigenvalue weighted by molar-refractivity contribution is -0.116. The number of nitrogens with zero attached hydrogens (tertiary/aromatic N) is 3. The predicted molar refractivity (Wildman–Crippen MR) is 62.9 cm³/mol. The molecule has 0 aromatic carbocycles. The van der Waals surface area contributed by atoms with Crippen LogP contribution in [0.15, 0.2) is 6.20 Å². The number of carbonyl (C=O) groups is 1. The maximum atomic E-state index is 11.0. The summed E-state index contributed by atoms with van der Waals surface area (Å²) in [4.78, 5) is 20.8. The minimum absolute atomic E-state index is 0.112. The van der Waals surface area contributed by atoms with Crippen LogP contribution in [0.1, 0.15) is 19.4 Å². The van der Waals surface area contributed by atoms with Crippen molar-refractivity contribution in [2.75, 3.05) is 17.2 Å². The lowest BCUT2D eigenvalue weighted by atomic mass is 10.2. The summed E-state index contributed by atoms with van der Waals surface area (Å²) >= 11 is 0. The van der Waals surface area contributed by atoms with Gasteiger partial charge in [-0.1, -0.05) is 0 Å². The Balaban J connectivity index is 3.09. The zero-order valence-corrected chi connectivity index (χ0v) is 9.77. The summed E-state index contributed by atoms with van der Waals surface area (Å²) in [7, 11) is 0. The van der Waals surface area contributed by atoms with Crippen LogP contribution in [0.2, 0.25) is 0 Å². The molecule has 1 rings (SSSR count). The van der Waals surface area contributed by atoms with Gasteiger partial charge in [-0.3, -0.25) is 4.79 Å². The summed E-state index contributed by atoms with van der Waals surface area (Å²) in [6.45, 7) is 5.90. The van der Waals surface area contributed by atoms with Crippen molar-refractivity contribution in [3.63, 3.8) is 0 Å². The third-order valence-corrected chi connectivity index (χ3v) is 2.19. The van der Waals surface area contributed by atoms with Crippen LogP contribution < -0.4 is 16.4 Å². The van der Waals surface area contributed by atoms with Crippen molar-refractivity contribution in [3.05, 3.63) is 11.8 Å². The highest BCUT2D eigenvalue weighted by atomic mass is 16.1. The van der Waals surface area contributed by atoms with Crippen LogP contribution in [0.25, 0.3) is 0 Å². The number of amides is 1. The molecule has 0 radical (unpaired) electrons. The van der Waals surface area contributed by atoms with Gasteiger partial charge in [0.2, 0.25) is 11.9 Å². The van der Waals surface area contributed by atoms with Crippen LogP contribution in [0, 0.1) is 6.92 Å². The summed E-state index contributed by atoms with van der Waals surface area (Å²) in [5, 5.41) is 0. The highest BCUT2D eigenvalue weighted by molar-refractivity contribution is 5.79. The number of anilines is 2. The molecule has 1 aromatic rings. The third kappa shape index (κ3) is 2.82. The van der Waals surface area contributed by atoms with Crippen LogP contribution in [-0.2, 0) is 4.79 Å². The van der Waals surface area contributed by atoms with Crippen molar-refractivity contribution in [2.45, 2.75) is 26.8 Å². The summed E-state index contributed by atoms with van der Waals surface area (Å²) in [6, 6.07) is 0.112. The standard InChI is InChI=1S/C10H17N5O/c1-6(2)15(5-8(11)16)9-7(3)4-13-10(12)14-9/h4,6H,5H2,1-3H3,(H2,11,16)(H2,12,13,14). The summed E-state index contributed by atoms with van der Waals surface area (Å²) in [6.07, 6.45) is 1.63. The number of nitrogen functional groups attached to an aromatic ring is 1. The van der Waals surface area contributed by atoms with Gasteiger partial charge in [0.25, 0.3) is 0 Å². The van der Waals surface area contributed by atoms with Crippen molar-refractivity contribution in [2.24, 2.45) is 5.73 Å². The zero-order chi connectivity index (χ0) is 12.3. The lowest BCUT2D eigenvalue weighted by Crippen LogP contribution is -2.39. The fourth-order valence-electron chi connectivity index (χ4n) is 1.41. The number of rotatable bonds is 4. The van der Waals surface area contributed by atoms with Crippen molar-refractivity contribution in [3.8, 4) is 0 Å². The van der Waals surface area contributed by atoms with E-state index in [-0.39, 0.29) is 18.5 Å². The number of carbonyl (C=O) groups excluding carboxylic acids is 1. The topological polar surface area (TPSA) is 98.1 Å². The average Bonchev–Trinajstić information content (AvgIpc) is 2.18. The van der Waals surface area contributed by atoms with Gasteiger partial charge < -0.3 is 16.4 Å². The first-order chi connectivity index (χ1) is 7.41. The molecule has 0 aliphatic carbocycles. The van der Waals surface area contributed by atoms with E-state index in [1.807, 2.05) is 20.8 Å². The lowest BCUT2D eigenvalue weighted by Gasteiger charge is -2.27. The molecule has 4 N–H and O–H groups in total. The molecule has 0 aliphatic heterocycles. The third-order valence-electron chi connectivity index (χ3n) is 2.19. The van der Waals surface area contributed by atoms with Gasteiger partial charge in [-0.05, 0) is 20.8 Å². The van der Waals surface area contributed by atoms with Crippen LogP contribution in [0.4, 0.5) is 11.8 Å². The molecule has 0 unspecified atom stereocenters. The largest absolute Gasteiger partial charge is 0.368 e. The second-order valence-electron chi connectivity index (χ2n) is 3.92. The van der Waals surface area contributed by atoms with Crippen LogP contribution >= 0.6 is 0 Å². The van der Waals surface area contributed by atoms with Gasteiger partial charge in [0.1, 0.15) is 5.82 Å². The Morgan fingerprint density at radius 1 is 1.56 bits per heavy atom. The molecule has 1 amide bonds. The minimum atomic E-state index is -0.398.